The number of ether oxygens (including phenoxy) is 1. The normalized spacial score (nSPS) is 13.8. The molecule has 0 atom stereocenters. The van der Waals surface area contributed by atoms with Gasteiger partial charge in [-0.15, -0.1) is 0 Å². The van der Waals surface area contributed by atoms with Crippen molar-refractivity contribution in [3.8, 4) is 17.1 Å². The van der Waals surface area contributed by atoms with Crippen LogP contribution in [0.5, 0.6) is 5.88 Å². The molecule has 0 spiro atoms. The summed E-state index contributed by atoms with van der Waals surface area (Å²) in [6, 6.07) is 5.33. The van der Waals surface area contributed by atoms with E-state index >= 15 is 0 Å². The van der Waals surface area contributed by atoms with Crippen molar-refractivity contribution in [1.82, 2.24) is 19.9 Å². The largest absolute Gasteiger partial charge is 0.477 e. The Morgan fingerprint density at radius 1 is 1.11 bits per heavy atom. The molecule has 1 aliphatic carbocycles. The fourth-order valence-electron chi connectivity index (χ4n) is 3.67. The Morgan fingerprint density at radius 3 is 2.56 bits per heavy atom. The Bertz CT molecular complexity index is 1400. The smallest absolute Gasteiger partial charge is 0.237 e. The van der Waals surface area contributed by atoms with Gasteiger partial charge in [0.25, 0.3) is 0 Å². The van der Waals surface area contributed by atoms with Crippen LogP contribution in [0.25, 0.3) is 11.3 Å². The molecule has 1 fully saturated rings. The standard InChI is InChI=1S/C25H30N6O4S/c1-6-35-22-14-26-13-20(28-22)18-9-10-19(16(3)15(18)2)29-23(32)25(4,5)21-11-12-27-24(30-21)31-36(33,34)17-7-8-17/h9-14,17H,6-8H2,1-5H3,(H,29,32)(H,27,30,31). The molecule has 1 amide bonds. The maximum absolute atomic E-state index is 13.3. The SMILES string of the molecule is CCOc1cncc(-c2ccc(NC(=O)C(C)(C)c3ccnc(NS(=O)(=O)C4CC4)n3)c(C)c2C)n1. The second-order valence-electron chi connectivity index (χ2n) is 9.28. The van der Waals surface area contributed by atoms with E-state index in [1.54, 1.807) is 32.3 Å². The predicted molar refractivity (Wildman–Crippen MR) is 137 cm³/mol. The molecule has 2 heterocycles. The van der Waals surface area contributed by atoms with Crippen LogP contribution in [0.1, 0.15) is 50.4 Å². The minimum atomic E-state index is -3.51. The molecule has 10 nitrogen and oxygen atoms in total. The van der Waals surface area contributed by atoms with Crippen LogP contribution in [0.4, 0.5) is 11.6 Å². The van der Waals surface area contributed by atoms with E-state index < -0.39 is 20.7 Å². The van der Waals surface area contributed by atoms with Gasteiger partial charge >= 0.3 is 0 Å². The van der Waals surface area contributed by atoms with Crippen molar-refractivity contribution < 1.29 is 17.9 Å². The Balaban J connectivity index is 1.55. The molecule has 0 saturated heterocycles. The number of amides is 1. The quantitative estimate of drug-likeness (QED) is 0.444. The molecular weight excluding hydrogens is 480 g/mol. The lowest BCUT2D eigenvalue weighted by atomic mass is 9.87. The monoisotopic (exact) mass is 510 g/mol. The molecule has 0 bridgehead atoms. The number of sulfonamides is 1. The number of benzene rings is 1. The number of aromatic nitrogens is 4. The Morgan fingerprint density at radius 2 is 1.86 bits per heavy atom. The fraction of sp³-hybridized carbons (Fsp3) is 0.400. The van der Waals surface area contributed by atoms with Crippen molar-refractivity contribution in [2.24, 2.45) is 0 Å². The van der Waals surface area contributed by atoms with E-state index in [0.717, 1.165) is 16.7 Å². The number of anilines is 2. The predicted octanol–water partition coefficient (Wildman–Crippen LogP) is 3.77. The van der Waals surface area contributed by atoms with Crippen LogP contribution in [0.15, 0.2) is 36.8 Å². The van der Waals surface area contributed by atoms with Gasteiger partial charge in [-0.05, 0) is 70.7 Å². The molecule has 190 valence electrons. The van der Waals surface area contributed by atoms with Gasteiger partial charge in [0.1, 0.15) is 0 Å². The number of nitrogens with one attached hydrogen (secondary N) is 2. The van der Waals surface area contributed by atoms with Gasteiger partial charge in [0.2, 0.25) is 27.8 Å². The van der Waals surface area contributed by atoms with Crippen LogP contribution in [-0.2, 0) is 20.2 Å². The average molecular weight is 511 g/mol. The van der Waals surface area contributed by atoms with Gasteiger partial charge in [0.15, 0.2) is 0 Å². The van der Waals surface area contributed by atoms with E-state index in [-0.39, 0.29) is 11.9 Å². The van der Waals surface area contributed by atoms with Crippen molar-refractivity contribution in [3.63, 3.8) is 0 Å². The number of rotatable bonds is 9. The molecule has 1 aliphatic rings. The summed E-state index contributed by atoms with van der Waals surface area (Å²) in [5.74, 6) is 0.132. The lowest BCUT2D eigenvalue weighted by Gasteiger charge is -2.24. The second kappa shape index (κ2) is 9.81. The van der Waals surface area contributed by atoms with Gasteiger partial charge < -0.3 is 10.1 Å². The van der Waals surface area contributed by atoms with Gasteiger partial charge in [-0.1, -0.05) is 6.07 Å². The fourth-order valence-corrected chi connectivity index (χ4v) is 4.94. The van der Waals surface area contributed by atoms with Crippen molar-refractivity contribution in [1.29, 1.82) is 0 Å². The highest BCUT2D eigenvalue weighted by Gasteiger charge is 2.37. The zero-order valence-electron chi connectivity index (χ0n) is 21.0. The van der Waals surface area contributed by atoms with E-state index in [2.05, 4.69) is 30.0 Å². The molecule has 3 aromatic rings. The van der Waals surface area contributed by atoms with Crippen LogP contribution in [-0.4, -0.2) is 46.1 Å². The first-order valence-electron chi connectivity index (χ1n) is 11.7. The van der Waals surface area contributed by atoms with Gasteiger partial charge in [-0.25, -0.2) is 23.4 Å². The minimum Gasteiger partial charge on any atom is -0.477 e. The first kappa shape index (κ1) is 25.5. The summed E-state index contributed by atoms with van der Waals surface area (Å²) in [5, 5.41) is 2.60. The average Bonchev–Trinajstić information content (AvgIpc) is 3.69. The third-order valence-electron chi connectivity index (χ3n) is 6.28. The van der Waals surface area contributed by atoms with Crippen LogP contribution in [0, 0.1) is 13.8 Å². The highest BCUT2D eigenvalue weighted by molar-refractivity contribution is 7.93. The van der Waals surface area contributed by atoms with Gasteiger partial charge in [0, 0.05) is 17.4 Å². The van der Waals surface area contributed by atoms with E-state index in [1.807, 2.05) is 32.9 Å². The third kappa shape index (κ3) is 5.30. The molecule has 2 N–H and O–H groups in total. The van der Waals surface area contributed by atoms with E-state index in [4.69, 9.17) is 4.74 Å². The first-order chi connectivity index (χ1) is 17.0. The lowest BCUT2D eigenvalue weighted by Crippen LogP contribution is -2.36. The van der Waals surface area contributed by atoms with E-state index in [9.17, 15) is 13.2 Å². The van der Waals surface area contributed by atoms with Crippen LogP contribution < -0.4 is 14.8 Å². The molecule has 11 heteroatoms. The molecule has 0 unspecified atom stereocenters. The summed E-state index contributed by atoms with van der Waals surface area (Å²) in [7, 11) is -3.51. The summed E-state index contributed by atoms with van der Waals surface area (Å²) < 4.78 is 32.4. The summed E-state index contributed by atoms with van der Waals surface area (Å²) in [6.07, 6.45) is 5.96. The number of nitrogens with zero attached hydrogens (tertiary/aromatic N) is 4. The summed E-state index contributed by atoms with van der Waals surface area (Å²) in [4.78, 5) is 30.4. The van der Waals surface area contributed by atoms with Gasteiger partial charge in [-0.2, -0.15) is 0 Å². The minimum absolute atomic E-state index is 0.0351. The Kier molecular flexibility index (Phi) is 6.94. The summed E-state index contributed by atoms with van der Waals surface area (Å²) >= 11 is 0. The van der Waals surface area contributed by atoms with Gasteiger partial charge in [-0.3, -0.25) is 14.5 Å². The number of hydrogen-bond donors (Lipinski definition) is 2. The van der Waals surface area contributed by atoms with Crippen molar-refractivity contribution in [2.45, 2.75) is 58.1 Å². The molecule has 1 saturated carbocycles. The summed E-state index contributed by atoms with van der Waals surface area (Å²) in [5.41, 5.74) is 3.42. The zero-order chi connectivity index (χ0) is 26.1. The van der Waals surface area contributed by atoms with E-state index in [1.165, 1.54) is 6.20 Å². The molecule has 36 heavy (non-hydrogen) atoms. The zero-order valence-corrected chi connectivity index (χ0v) is 21.8. The Hall–Kier alpha value is -3.60. The third-order valence-corrected chi connectivity index (χ3v) is 8.09. The molecule has 2 aromatic heterocycles. The molecule has 1 aromatic carbocycles. The van der Waals surface area contributed by atoms with Crippen LogP contribution in [0.2, 0.25) is 0 Å². The molecular formula is C25H30N6O4S. The maximum Gasteiger partial charge on any atom is 0.237 e. The number of carbonyl (C=O) groups is 1. The molecule has 0 aliphatic heterocycles. The lowest BCUT2D eigenvalue weighted by molar-refractivity contribution is -0.120. The van der Waals surface area contributed by atoms with Crippen molar-refractivity contribution in [3.05, 3.63) is 53.6 Å². The van der Waals surface area contributed by atoms with E-state index in [0.29, 0.717) is 42.4 Å². The van der Waals surface area contributed by atoms with Crippen LogP contribution >= 0.6 is 0 Å². The van der Waals surface area contributed by atoms with Crippen molar-refractivity contribution >= 4 is 27.6 Å². The highest BCUT2D eigenvalue weighted by Crippen LogP contribution is 2.32. The Labute approximate surface area is 211 Å². The number of hydrogen-bond acceptors (Lipinski definition) is 8. The first-order valence-corrected chi connectivity index (χ1v) is 13.3. The second-order valence-corrected chi connectivity index (χ2v) is 11.2. The number of carbonyl (C=O) groups excluding carboxylic acids is 1. The molecule has 0 radical (unpaired) electrons. The van der Waals surface area contributed by atoms with Crippen LogP contribution in [0.3, 0.4) is 0 Å². The maximum atomic E-state index is 13.3. The van der Waals surface area contributed by atoms with Gasteiger partial charge in [0.05, 0.1) is 41.1 Å². The summed E-state index contributed by atoms with van der Waals surface area (Å²) in [6.45, 7) is 9.74. The molecule has 4 rings (SSSR count). The topological polar surface area (TPSA) is 136 Å². The van der Waals surface area contributed by atoms with Crippen molar-refractivity contribution in [2.75, 3.05) is 16.6 Å². The highest BCUT2D eigenvalue weighted by atomic mass is 32.2.